The number of hydrogen-bond donors (Lipinski definition) is 4. The van der Waals surface area contributed by atoms with Crippen LogP contribution in [-0.4, -0.2) is 92.9 Å². The van der Waals surface area contributed by atoms with E-state index in [2.05, 4.69) is 0 Å². The molecule has 228 valence electrons. The molecule has 10 nitrogen and oxygen atoms in total. The first-order valence-electron chi connectivity index (χ1n) is 14.2. The number of ether oxygens (including phenoxy) is 4. The van der Waals surface area contributed by atoms with Crippen LogP contribution in [0.4, 0.5) is 0 Å². The topological polar surface area (TPSA) is 152 Å². The summed E-state index contributed by atoms with van der Waals surface area (Å²) < 4.78 is 23.7. The zero-order valence-corrected chi connectivity index (χ0v) is 25.3. The van der Waals surface area contributed by atoms with Crippen LogP contribution in [0.25, 0.3) is 0 Å². The molecule has 2 fully saturated rings. The van der Waals surface area contributed by atoms with E-state index >= 15 is 0 Å². The van der Waals surface area contributed by atoms with Crippen molar-refractivity contribution in [3.63, 3.8) is 0 Å². The Morgan fingerprint density at radius 1 is 0.923 bits per heavy atom. The number of aliphatic hydroxyl groups excluding tert-OH is 2. The highest BCUT2D eigenvalue weighted by molar-refractivity contribution is 5.83. The third-order valence-corrected chi connectivity index (χ3v) is 9.00. The molecule has 0 amide bonds. The minimum Gasteiger partial charge on any atom is -0.459 e. The summed E-state index contributed by atoms with van der Waals surface area (Å²) in [7, 11) is 1.51. The third kappa shape index (κ3) is 7.58. The molecule has 2 aliphatic heterocycles. The quantitative estimate of drug-likeness (QED) is 0.377. The smallest absolute Gasteiger partial charge is 0.311 e. The lowest BCUT2D eigenvalue weighted by molar-refractivity contribution is -0.296. The van der Waals surface area contributed by atoms with Gasteiger partial charge in [-0.2, -0.15) is 0 Å². The summed E-state index contributed by atoms with van der Waals surface area (Å²) in [5, 5.41) is 44.2. The van der Waals surface area contributed by atoms with Crippen molar-refractivity contribution in [1.82, 2.24) is 0 Å². The molecule has 0 aromatic heterocycles. The lowest BCUT2D eigenvalue weighted by Gasteiger charge is -2.46. The van der Waals surface area contributed by atoms with Crippen LogP contribution in [0.1, 0.15) is 88.0 Å². The molecule has 0 aliphatic carbocycles. The molecule has 2 rings (SSSR count). The maximum Gasteiger partial charge on any atom is 0.311 e. The summed E-state index contributed by atoms with van der Waals surface area (Å²) in [5.41, 5.74) is -4.12. The van der Waals surface area contributed by atoms with Gasteiger partial charge in [0.15, 0.2) is 6.29 Å². The van der Waals surface area contributed by atoms with Crippen molar-refractivity contribution < 1.29 is 49.0 Å². The first kappa shape index (κ1) is 34.1. The molecule has 0 spiro atoms. The van der Waals surface area contributed by atoms with Crippen LogP contribution in [0.5, 0.6) is 0 Å². The molecule has 0 aromatic carbocycles. The normalized spacial score (nSPS) is 49.3. The number of cyclic esters (lactones) is 1. The van der Waals surface area contributed by atoms with E-state index in [9.17, 15) is 30.0 Å². The third-order valence-electron chi connectivity index (χ3n) is 9.00. The first-order chi connectivity index (χ1) is 17.8. The van der Waals surface area contributed by atoms with Crippen LogP contribution < -0.4 is 0 Å². The van der Waals surface area contributed by atoms with Crippen molar-refractivity contribution >= 4 is 11.8 Å². The van der Waals surface area contributed by atoms with E-state index in [4.69, 9.17) is 18.9 Å². The van der Waals surface area contributed by atoms with E-state index in [0.29, 0.717) is 0 Å². The molecule has 0 aromatic rings. The summed E-state index contributed by atoms with van der Waals surface area (Å²) in [6.07, 6.45) is -4.88. The summed E-state index contributed by atoms with van der Waals surface area (Å²) >= 11 is 0. The Kier molecular flexibility index (Phi) is 11.2. The van der Waals surface area contributed by atoms with E-state index in [1.807, 2.05) is 6.92 Å². The van der Waals surface area contributed by atoms with Gasteiger partial charge in [-0.05, 0) is 59.8 Å². The number of methoxy groups -OCH3 is 1. The highest BCUT2D eigenvalue weighted by atomic mass is 16.7. The molecular weight excluding hydrogens is 508 g/mol. The molecule has 2 aliphatic rings. The van der Waals surface area contributed by atoms with E-state index in [1.54, 1.807) is 41.5 Å². The molecule has 0 bridgehead atoms. The van der Waals surface area contributed by atoms with Crippen molar-refractivity contribution in [1.29, 1.82) is 0 Å². The SMILES string of the molecule is CC[C@H]1OC(=O)[C@H](C)[C@@H](O[C@H]2C[C@@](C)(OC)[C@@H](O)[C@H](C)O2)[C@H](C)C[C@](C)(O)C[C@@H](C)C(=O)[C@H](C)[C@@H](O)[C@]1(C)O. The van der Waals surface area contributed by atoms with Gasteiger partial charge in [0.25, 0.3) is 0 Å². The molecule has 13 atom stereocenters. The summed E-state index contributed by atoms with van der Waals surface area (Å²) in [6.45, 7) is 15.0. The van der Waals surface area contributed by atoms with E-state index in [-0.39, 0.29) is 37.4 Å². The number of carbonyl (C=O) groups is 2. The number of esters is 1. The molecule has 2 saturated heterocycles. The first-order valence-corrected chi connectivity index (χ1v) is 14.2. The monoisotopic (exact) mass is 560 g/mol. The maximum absolute atomic E-state index is 13.5. The van der Waals surface area contributed by atoms with E-state index in [0.717, 1.165) is 0 Å². The van der Waals surface area contributed by atoms with Crippen molar-refractivity contribution in [3.05, 3.63) is 0 Å². The molecule has 2 heterocycles. The number of aliphatic hydroxyl groups is 4. The van der Waals surface area contributed by atoms with Gasteiger partial charge in [0.2, 0.25) is 0 Å². The Labute approximate surface area is 233 Å². The van der Waals surface area contributed by atoms with E-state index < -0.39 is 77.3 Å². The van der Waals surface area contributed by atoms with Gasteiger partial charge in [-0.15, -0.1) is 0 Å². The van der Waals surface area contributed by atoms with Gasteiger partial charge >= 0.3 is 5.97 Å². The fraction of sp³-hybridized carbons (Fsp3) is 0.931. The number of rotatable bonds is 4. The predicted molar refractivity (Wildman–Crippen MR) is 144 cm³/mol. The van der Waals surface area contributed by atoms with Crippen LogP contribution >= 0.6 is 0 Å². The second-order valence-corrected chi connectivity index (χ2v) is 12.8. The minimum atomic E-state index is -1.90. The lowest BCUT2D eigenvalue weighted by Crippen LogP contribution is -2.58. The summed E-state index contributed by atoms with van der Waals surface area (Å²) in [6, 6.07) is 0. The van der Waals surface area contributed by atoms with Crippen LogP contribution in [0.2, 0.25) is 0 Å². The van der Waals surface area contributed by atoms with Crippen molar-refractivity contribution in [2.24, 2.45) is 23.7 Å². The van der Waals surface area contributed by atoms with Gasteiger partial charge in [-0.1, -0.05) is 27.7 Å². The Bertz CT molecular complexity index is 844. The molecule has 39 heavy (non-hydrogen) atoms. The van der Waals surface area contributed by atoms with Crippen LogP contribution in [0, 0.1) is 23.7 Å². The molecule has 0 unspecified atom stereocenters. The highest BCUT2D eigenvalue weighted by Crippen LogP contribution is 2.38. The number of Topliss-reactive ketones (excluding diaryl/α,β-unsaturated/α-hetero) is 1. The molecular formula is C29H52O10. The minimum absolute atomic E-state index is 0.128. The Morgan fingerprint density at radius 3 is 2.05 bits per heavy atom. The Hall–Kier alpha value is -1.14. The average Bonchev–Trinajstić information content (AvgIpc) is 2.85. The zero-order valence-electron chi connectivity index (χ0n) is 25.3. The van der Waals surface area contributed by atoms with Gasteiger partial charge in [0.05, 0.1) is 35.4 Å². The van der Waals surface area contributed by atoms with Gasteiger partial charge in [-0.25, -0.2) is 0 Å². The number of ketones is 1. The van der Waals surface area contributed by atoms with Crippen LogP contribution in [-0.2, 0) is 28.5 Å². The van der Waals surface area contributed by atoms with Crippen molar-refractivity contribution in [3.8, 4) is 0 Å². The van der Waals surface area contributed by atoms with Gasteiger partial charge in [0.1, 0.15) is 23.6 Å². The average molecular weight is 561 g/mol. The van der Waals surface area contributed by atoms with Crippen molar-refractivity contribution in [2.75, 3.05) is 7.11 Å². The lowest BCUT2D eigenvalue weighted by atomic mass is 9.75. The maximum atomic E-state index is 13.5. The predicted octanol–water partition coefficient (Wildman–Crippen LogP) is 2.36. The van der Waals surface area contributed by atoms with Crippen LogP contribution in [0.3, 0.4) is 0 Å². The molecule has 10 heteroatoms. The zero-order chi connectivity index (χ0) is 30.1. The Balaban J connectivity index is 2.48. The number of hydrogen-bond acceptors (Lipinski definition) is 10. The molecule has 4 N–H and O–H groups in total. The second kappa shape index (κ2) is 12.8. The van der Waals surface area contributed by atoms with Gasteiger partial charge in [-0.3, -0.25) is 9.59 Å². The summed E-state index contributed by atoms with van der Waals surface area (Å²) in [4.78, 5) is 26.7. The second-order valence-electron chi connectivity index (χ2n) is 12.8. The fourth-order valence-electron chi connectivity index (χ4n) is 6.47. The standard InChI is InChI=1S/C29H52O10/c1-11-20-29(9,35)24(31)17(4)22(30)15(2)12-27(7,34)13-16(3)23(18(5)26(33)38-20)39-21-14-28(8,36-10)25(32)19(6)37-21/h15-21,23-25,31-32,34-35H,11-14H2,1-10H3/t15-,16-,17+,18-,19+,20-,21+,23+,24-,25+,27-,28-,29-/m1/s1. The van der Waals surface area contributed by atoms with Crippen LogP contribution in [0.15, 0.2) is 0 Å². The largest absolute Gasteiger partial charge is 0.459 e. The Morgan fingerprint density at radius 2 is 1.51 bits per heavy atom. The molecule has 0 saturated carbocycles. The van der Waals surface area contributed by atoms with Crippen molar-refractivity contribution in [2.45, 2.75) is 142 Å². The fourth-order valence-corrected chi connectivity index (χ4v) is 6.47. The molecule has 0 radical (unpaired) electrons. The van der Waals surface area contributed by atoms with Gasteiger partial charge < -0.3 is 39.4 Å². The van der Waals surface area contributed by atoms with E-state index in [1.165, 1.54) is 21.0 Å². The summed E-state index contributed by atoms with van der Waals surface area (Å²) in [5.74, 6) is -3.69. The highest BCUT2D eigenvalue weighted by Gasteiger charge is 2.49. The van der Waals surface area contributed by atoms with Gasteiger partial charge in [0, 0.05) is 25.4 Å². The number of carbonyl (C=O) groups excluding carboxylic acids is 2.